The zero-order chi connectivity index (χ0) is 17.5. The van der Waals surface area contributed by atoms with Gasteiger partial charge in [-0.05, 0) is 55.7 Å². The van der Waals surface area contributed by atoms with E-state index in [-0.39, 0.29) is 17.9 Å². The number of nitrogens with one attached hydrogen (secondary N) is 2. The summed E-state index contributed by atoms with van der Waals surface area (Å²) in [5.41, 5.74) is 1.82. The number of para-hydroxylation sites is 1. The highest BCUT2D eigenvalue weighted by Gasteiger charge is 2.12. The molecule has 0 fully saturated rings. The first kappa shape index (κ1) is 17.7. The summed E-state index contributed by atoms with van der Waals surface area (Å²) in [7, 11) is 0. The molecule has 2 rings (SSSR count). The SMILES string of the molecule is CC(C)CC(C)NC(=O)c1ccc(C(=O)Nc2ccccc2)cc1. The van der Waals surface area contributed by atoms with Gasteiger partial charge in [-0.15, -0.1) is 0 Å². The van der Waals surface area contributed by atoms with E-state index in [2.05, 4.69) is 24.5 Å². The monoisotopic (exact) mass is 324 g/mol. The summed E-state index contributed by atoms with van der Waals surface area (Å²) in [6.45, 7) is 6.26. The van der Waals surface area contributed by atoms with Crippen molar-refractivity contribution in [2.24, 2.45) is 5.92 Å². The lowest BCUT2D eigenvalue weighted by molar-refractivity contribution is 0.0934. The maximum atomic E-state index is 12.2. The van der Waals surface area contributed by atoms with Gasteiger partial charge in [0, 0.05) is 22.9 Å². The summed E-state index contributed by atoms with van der Waals surface area (Å²) in [6.07, 6.45) is 0.934. The molecule has 4 nitrogen and oxygen atoms in total. The predicted octanol–water partition coefficient (Wildman–Crippen LogP) is 4.10. The van der Waals surface area contributed by atoms with Crippen molar-refractivity contribution >= 4 is 17.5 Å². The number of benzene rings is 2. The predicted molar refractivity (Wildman–Crippen MR) is 97.2 cm³/mol. The van der Waals surface area contributed by atoms with Crippen molar-refractivity contribution in [1.82, 2.24) is 5.32 Å². The van der Waals surface area contributed by atoms with Crippen molar-refractivity contribution in [2.75, 3.05) is 5.32 Å². The number of amides is 2. The molecule has 1 atom stereocenters. The third-order valence-corrected chi connectivity index (χ3v) is 3.64. The molecule has 2 amide bonds. The number of anilines is 1. The summed E-state index contributed by atoms with van der Waals surface area (Å²) in [5, 5.41) is 5.80. The highest BCUT2D eigenvalue weighted by Crippen LogP contribution is 2.11. The van der Waals surface area contributed by atoms with Crippen LogP contribution in [-0.2, 0) is 0 Å². The van der Waals surface area contributed by atoms with Crippen molar-refractivity contribution in [3.63, 3.8) is 0 Å². The van der Waals surface area contributed by atoms with E-state index in [1.807, 2.05) is 37.3 Å². The van der Waals surface area contributed by atoms with Crippen LogP contribution in [0.4, 0.5) is 5.69 Å². The van der Waals surface area contributed by atoms with Crippen molar-refractivity contribution in [3.8, 4) is 0 Å². The van der Waals surface area contributed by atoms with Gasteiger partial charge in [-0.3, -0.25) is 9.59 Å². The second kappa shape index (κ2) is 8.29. The Hall–Kier alpha value is -2.62. The van der Waals surface area contributed by atoms with Crippen LogP contribution in [0.15, 0.2) is 54.6 Å². The smallest absolute Gasteiger partial charge is 0.255 e. The van der Waals surface area contributed by atoms with Crippen LogP contribution < -0.4 is 10.6 Å². The fourth-order valence-electron chi connectivity index (χ4n) is 2.57. The molecule has 24 heavy (non-hydrogen) atoms. The molecular weight excluding hydrogens is 300 g/mol. The van der Waals surface area contributed by atoms with Gasteiger partial charge in [-0.1, -0.05) is 32.0 Å². The fraction of sp³-hybridized carbons (Fsp3) is 0.300. The number of hydrogen-bond donors (Lipinski definition) is 2. The van der Waals surface area contributed by atoms with Gasteiger partial charge in [0.2, 0.25) is 0 Å². The van der Waals surface area contributed by atoms with Crippen molar-refractivity contribution in [3.05, 3.63) is 65.7 Å². The molecule has 0 heterocycles. The standard InChI is InChI=1S/C20H24N2O2/c1-14(2)13-15(3)21-19(23)16-9-11-17(12-10-16)20(24)22-18-7-5-4-6-8-18/h4-12,14-15H,13H2,1-3H3,(H,21,23)(H,22,24). The van der Waals surface area contributed by atoms with Gasteiger partial charge in [0.1, 0.15) is 0 Å². The third-order valence-electron chi connectivity index (χ3n) is 3.64. The molecule has 2 N–H and O–H groups in total. The second-order valence-corrected chi connectivity index (χ2v) is 6.40. The number of carbonyl (C=O) groups is 2. The molecule has 0 aliphatic heterocycles. The average molecular weight is 324 g/mol. The van der Waals surface area contributed by atoms with Gasteiger partial charge in [0.25, 0.3) is 11.8 Å². The molecule has 4 heteroatoms. The van der Waals surface area contributed by atoms with Crippen LogP contribution in [0, 0.1) is 5.92 Å². The maximum absolute atomic E-state index is 12.2. The lowest BCUT2D eigenvalue weighted by Gasteiger charge is -2.16. The van der Waals surface area contributed by atoms with Crippen LogP contribution in [0.3, 0.4) is 0 Å². The minimum atomic E-state index is -0.193. The minimum Gasteiger partial charge on any atom is -0.350 e. The fourth-order valence-corrected chi connectivity index (χ4v) is 2.57. The number of carbonyl (C=O) groups excluding carboxylic acids is 2. The summed E-state index contributed by atoms with van der Waals surface area (Å²) >= 11 is 0. The van der Waals surface area contributed by atoms with Gasteiger partial charge < -0.3 is 10.6 Å². The molecule has 0 saturated heterocycles. The average Bonchev–Trinajstić information content (AvgIpc) is 2.55. The molecule has 126 valence electrons. The van der Waals surface area contributed by atoms with Crippen LogP contribution in [0.2, 0.25) is 0 Å². The topological polar surface area (TPSA) is 58.2 Å². The zero-order valence-corrected chi connectivity index (χ0v) is 14.4. The Morgan fingerprint density at radius 2 is 1.38 bits per heavy atom. The molecule has 1 unspecified atom stereocenters. The summed E-state index contributed by atoms with van der Waals surface area (Å²) in [4.78, 5) is 24.4. The lowest BCUT2D eigenvalue weighted by atomic mass is 10.0. The van der Waals surface area contributed by atoms with Gasteiger partial charge >= 0.3 is 0 Å². The van der Waals surface area contributed by atoms with E-state index in [1.54, 1.807) is 24.3 Å². The first-order valence-corrected chi connectivity index (χ1v) is 8.23. The first-order valence-electron chi connectivity index (χ1n) is 8.23. The van der Waals surface area contributed by atoms with Gasteiger partial charge in [-0.25, -0.2) is 0 Å². The van der Waals surface area contributed by atoms with Crippen LogP contribution in [0.25, 0.3) is 0 Å². The van der Waals surface area contributed by atoms with Crippen molar-refractivity contribution in [1.29, 1.82) is 0 Å². The molecule has 0 spiro atoms. The van der Waals surface area contributed by atoms with E-state index in [0.717, 1.165) is 12.1 Å². The Bertz CT molecular complexity index is 679. The second-order valence-electron chi connectivity index (χ2n) is 6.40. The van der Waals surface area contributed by atoms with E-state index >= 15 is 0 Å². The lowest BCUT2D eigenvalue weighted by Crippen LogP contribution is -2.33. The largest absolute Gasteiger partial charge is 0.350 e. The molecule has 0 aromatic heterocycles. The molecule has 0 aliphatic rings. The molecule has 0 bridgehead atoms. The van der Waals surface area contributed by atoms with E-state index in [4.69, 9.17) is 0 Å². The number of rotatable bonds is 6. The highest BCUT2D eigenvalue weighted by atomic mass is 16.2. The molecule has 0 radical (unpaired) electrons. The van der Waals surface area contributed by atoms with Crippen LogP contribution in [0.1, 0.15) is 47.9 Å². The molecule has 0 saturated carbocycles. The third kappa shape index (κ3) is 5.23. The normalized spacial score (nSPS) is 11.8. The van der Waals surface area contributed by atoms with Gasteiger partial charge in [0.05, 0.1) is 0 Å². The Labute approximate surface area is 143 Å². The van der Waals surface area contributed by atoms with Crippen LogP contribution in [0.5, 0.6) is 0 Å². The summed E-state index contributed by atoms with van der Waals surface area (Å²) in [5.74, 6) is 0.226. The quantitative estimate of drug-likeness (QED) is 0.840. The van der Waals surface area contributed by atoms with E-state index in [1.165, 1.54) is 0 Å². The van der Waals surface area contributed by atoms with Gasteiger partial charge in [-0.2, -0.15) is 0 Å². The Kier molecular flexibility index (Phi) is 6.13. The Morgan fingerprint density at radius 1 is 0.833 bits per heavy atom. The van der Waals surface area contributed by atoms with Crippen molar-refractivity contribution in [2.45, 2.75) is 33.2 Å². The van der Waals surface area contributed by atoms with Crippen molar-refractivity contribution < 1.29 is 9.59 Å². The Morgan fingerprint density at radius 3 is 1.92 bits per heavy atom. The van der Waals surface area contributed by atoms with Crippen LogP contribution >= 0.6 is 0 Å². The molecule has 2 aromatic carbocycles. The summed E-state index contributed by atoms with van der Waals surface area (Å²) in [6, 6.07) is 16.1. The summed E-state index contributed by atoms with van der Waals surface area (Å²) < 4.78 is 0. The maximum Gasteiger partial charge on any atom is 0.255 e. The zero-order valence-electron chi connectivity index (χ0n) is 14.4. The molecular formula is C20H24N2O2. The molecule has 0 aliphatic carbocycles. The Balaban J connectivity index is 1.97. The van der Waals surface area contributed by atoms with Crippen LogP contribution in [-0.4, -0.2) is 17.9 Å². The van der Waals surface area contributed by atoms with E-state index in [9.17, 15) is 9.59 Å². The first-order chi connectivity index (χ1) is 11.5. The molecule has 2 aromatic rings. The number of hydrogen-bond acceptors (Lipinski definition) is 2. The van der Waals surface area contributed by atoms with E-state index in [0.29, 0.717) is 17.0 Å². The minimum absolute atomic E-state index is 0.113. The van der Waals surface area contributed by atoms with E-state index < -0.39 is 0 Å². The van der Waals surface area contributed by atoms with Gasteiger partial charge in [0.15, 0.2) is 0 Å². The highest BCUT2D eigenvalue weighted by molar-refractivity contribution is 6.05.